The van der Waals surface area contributed by atoms with Crippen LogP contribution >= 0.6 is 11.6 Å². The van der Waals surface area contributed by atoms with E-state index in [9.17, 15) is 0 Å². The van der Waals surface area contributed by atoms with Crippen LogP contribution in [0, 0.1) is 0 Å². The number of hydrogen-bond donors (Lipinski definition) is 0. The fourth-order valence-electron chi connectivity index (χ4n) is 1.39. The molecule has 0 aliphatic carbocycles. The first kappa shape index (κ1) is 8.09. The second-order valence-corrected chi connectivity index (χ2v) is 3.37. The highest BCUT2D eigenvalue weighted by molar-refractivity contribution is 6.29. The third-order valence-electron chi connectivity index (χ3n) is 2.11. The first-order chi connectivity index (χ1) is 4.74. The minimum absolute atomic E-state index is 0.762. The van der Waals surface area contributed by atoms with Crippen LogP contribution in [-0.4, -0.2) is 24.0 Å². The minimum Gasteiger partial charge on any atom is -0.295 e. The van der Waals surface area contributed by atoms with Gasteiger partial charge >= 0.3 is 0 Å². The van der Waals surface area contributed by atoms with Crippen molar-refractivity contribution in [2.45, 2.75) is 25.8 Å². The Kier molecular flexibility index (Phi) is 2.75. The summed E-state index contributed by atoms with van der Waals surface area (Å²) in [7, 11) is 0. The van der Waals surface area contributed by atoms with Crippen molar-refractivity contribution >= 4 is 11.6 Å². The molecule has 1 atom stereocenters. The Labute approximate surface area is 67.7 Å². The van der Waals surface area contributed by atoms with Crippen molar-refractivity contribution in [2.75, 3.05) is 13.1 Å². The van der Waals surface area contributed by atoms with E-state index in [0.29, 0.717) is 0 Å². The van der Waals surface area contributed by atoms with E-state index in [1.807, 2.05) is 0 Å². The molecule has 0 N–H and O–H groups in total. The highest BCUT2D eigenvalue weighted by atomic mass is 35.5. The molecule has 0 amide bonds. The molecule has 1 aliphatic heterocycles. The van der Waals surface area contributed by atoms with Gasteiger partial charge in [-0.1, -0.05) is 25.1 Å². The van der Waals surface area contributed by atoms with Gasteiger partial charge in [0.25, 0.3) is 0 Å². The summed E-state index contributed by atoms with van der Waals surface area (Å²) in [6, 6.07) is 0.774. The van der Waals surface area contributed by atoms with E-state index in [2.05, 4.69) is 18.4 Å². The average Bonchev–Trinajstić information content (AvgIpc) is 1.82. The quantitative estimate of drug-likeness (QED) is 0.611. The molecule has 2 heteroatoms. The topological polar surface area (TPSA) is 3.24 Å². The van der Waals surface area contributed by atoms with Crippen LogP contribution in [0.25, 0.3) is 0 Å². The maximum Gasteiger partial charge on any atom is 0.0338 e. The summed E-state index contributed by atoms with van der Waals surface area (Å²) >= 11 is 5.67. The molecule has 0 spiro atoms. The van der Waals surface area contributed by atoms with Crippen molar-refractivity contribution < 1.29 is 0 Å². The zero-order chi connectivity index (χ0) is 7.56. The third-order valence-corrected chi connectivity index (χ3v) is 2.23. The van der Waals surface area contributed by atoms with Crippen molar-refractivity contribution in [3.63, 3.8) is 0 Å². The Bertz CT molecular complexity index is 131. The lowest BCUT2D eigenvalue weighted by molar-refractivity contribution is 0.102. The van der Waals surface area contributed by atoms with Gasteiger partial charge in [-0.15, -0.1) is 0 Å². The maximum absolute atomic E-state index is 5.67. The molecule has 1 heterocycles. The minimum atomic E-state index is 0.762. The van der Waals surface area contributed by atoms with Gasteiger partial charge in [0.05, 0.1) is 0 Å². The number of likely N-dealkylation sites (tertiary alicyclic amines) is 1. The van der Waals surface area contributed by atoms with Gasteiger partial charge in [0.15, 0.2) is 0 Å². The number of rotatable bonds is 3. The summed E-state index contributed by atoms with van der Waals surface area (Å²) in [5, 5.41) is 0.762. The van der Waals surface area contributed by atoms with Crippen LogP contribution in [0.3, 0.4) is 0 Å². The van der Waals surface area contributed by atoms with E-state index in [4.69, 9.17) is 11.6 Å². The zero-order valence-electron chi connectivity index (χ0n) is 6.44. The third kappa shape index (κ3) is 1.74. The van der Waals surface area contributed by atoms with Crippen molar-refractivity contribution in [3.8, 4) is 0 Å². The lowest BCUT2D eigenvalue weighted by Gasteiger charge is -2.40. The largest absolute Gasteiger partial charge is 0.295 e. The lowest BCUT2D eigenvalue weighted by Crippen LogP contribution is -2.47. The van der Waals surface area contributed by atoms with Crippen LogP contribution in [0.15, 0.2) is 11.6 Å². The fourth-order valence-corrected chi connectivity index (χ4v) is 1.54. The fraction of sp³-hybridized carbons (Fsp3) is 0.750. The van der Waals surface area contributed by atoms with E-state index in [0.717, 1.165) is 17.6 Å². The Morgan fingerprint density at radius 1 is 1.80 bits per heavy atom. The lowest BCUT2D eigenvalue weighted by atomic mass is 10.0. The second-order valence-electron chi connectivity index (χ2n) is 2.84. The Hall–Kier alpha value is -0.0100. The van der Waals surface area contributed by atoms with E-state index >= 15 is 0 Å². The molecule has 1 fully saturated rings. The zero-order valence-corrected chi connectivity index (χ0v) is 7.19. The second kappa shape index (κ2) is 3.40. The summed E-state index contributed by atoms with van der Waals surface area (Å²) < 4.78 is 0. The Morgan fingerprint density at radius 2 is 2.50 bits per heavy atom. The van der Waals surface area contributed by atoms with Crippen LogP contribution in [0.1, 0.15) is 19.8 Å². The summed E-state index contributed by atoms with van der Waals surface area (Å²) in [5.74, 6) is 0. The van der Waals surface area contributed by atoms with Crippen LogP contribution in [0.4, 0.5) is 0 Å². The van der Waals surface area contributed by atoms with E-state index in [1.54, 1.807) is 0 Å². The Morgan fingerprint density at radius 3 is 2.80 bits per heavy atom. The van der Waals surface area contributed by atoms with Gasteiger partial charge in [-0.2, -0.15) is 0 Å². The van der Waals surface area contributed by atoms with E-state index in [1.165, 1.54) is 19.4 Å². The van der Waals surface area contributed by atoms with Gasteiger partial charge in [-0.05, 0) is 12.8 Å². The monoisotopic (exact) mass is 159 g/mol. The van der Waals surface area contributed by atoms with Gasteiger partial charge in [0.2, 0.25) is 0 Å². The molecule has 0 aromatic carbocycles. The first-order valence-corrected chi connectivity index (χ1v) is 4.19. The van der Waals surface area contributed by atoms with Crippen molar-refractivity contribution in [3.05, 3.63) is 11.6 Å². The number of hydrogen-bond acceptors (Lipinski definition) is 1. The molecule has 10 heavy (non-hydrogen) atoms. The molecule has 0 aromatic heterocycles. The van der Waals surface area contributed by atoms with Gasteiger partial charge in [0.1, 0.15) is 0 Å². The van der Waals surface area contributed by atoms with E-state index in [-0.39, 0.29) is 0 Å². The van der Waals surface area contributed by atoms with Gasteiger partial charge in [-0.3, -0.25) is 4.90 Å². The van der Waals surface area contributed by atoms with E-state index < -0.39 is 0 Å². The van der Waals surface area contributed by atoms with Crippen LogP contribution in [0.5, 0.6) is 0 Å². The average molecular weight is 160 g/mol. The molecule has 1 saturated heterocycles. The van der Waals surface area contributed by atoms with Gasteiger partial charge < -0.3 is 0 Å². The highest BCUT2D eigenvalue weighted by Crippen LogP contribution is 2.21. The molecule has 0 saturated carbocycles. The van der Waals surface area contributed by atoms with Crippen molar-refractivity contribution in [1.29, 1.82) is 0 Å². The van der Waals surface area contributed by atoms with Crippen molar-refractivity contribution in [2.24, 2.45) is 0 Å². The number of nitrogens with zero attached hydrogens (tertiary/aromatic N) is 1. The van der Waals surface area contributed by atoms with Crippen molar-refractivity contribution in [1.82, 2.24) is 4.90 Å². The highest BCUT2D eigenvalue weighted by Gasteiger charge is 2.25. The first-order valence-electron chi connectivity index (χ1n) is 3.81. The maximum atomic E-state index is 5.67. The smallest absolute Gasteiger partial charge is 0.0338 e. The SMILES string of the molecule is C=C(Cl)CN1CCC1CC. The predicted octanol–water partition coefficient (Wildman–Crippen LogP) is 2.22. The van der Waals surface area contributed by atoms with Crippen LogP contribution in [0.2, 0.25) is 0 Å². The summed E-state index contributed by atoms with van der Waals surface area (Å²) in [4.78, 5) is 2.37. The molecule has 58 valence electrons. The summed E-state index contributed by atoms with van der Waals surface area (Å²) in [6.07, 6.45) is 2.57. The molecule has 1 aliphatic rings. The molecule has 0 radical (unpaired) electrons. The summed E-state index contributed by atoms with van der Waals surface area (Å²) in [5.41, 5.74) is 0. The molecular weight excluding hydrogens is 146 g/mol. The van der Waals surface area contributed by atoms with Gasteiger partial charge in [0, 0.05) is 24.2 Å². The molecule has 0 aromatic rings. The van der Waals surface area contributed by atoms with Gasteiger partial charge in [-0.25, -0.2) is 0 Å². The molecule has 1 unspecified atom stereocenters. The number of halogens is 1. The molecule has 1 nitrogen and oxygen atoms in total. The predicted molar refractivity (Wildman–Crippen MR) is 45.3 cm³/mol. The Balaban J connectivity index is 2.23. The van der Waals surface area contributed by atoms with Crippen LogP contribution < -0.4 is 0 Å². The normalized spacial score (nSPS) is 26.0. The summed E-state index contributed by atoms with van der Waals surface area (Å²) in [6.45, 7) is 7.96. The molecule has 1 rings (SSSR count). The molecule has 0 bridgehead atoms. The molecular formula is C8H14ClN. The van der Waals surface area contributed by atoms with Crippen LogP contribution in [-0.2, 0) is 0 Å². The standard InChI is InChI=1S/C8H14ClN/c1-3-8-4-5-10(8)6-7(2)9/h8H,2-6H2,1H3.